The number of aryl methyl sites for hydroxylation is 1. The second kappa shape index (κ2) is 5.22. The van der Waals surface area contributed by atoms with Crippen molar-refractivity contribution in [3.05, 3.63) is 16.1 Å². The largest absolute Gasteiger partial charge is 0.385 e. The molecule has 1 unspecified atom stereocenters. The fourth-order valence-electron chi connectivity index (χ4n) is 1.19. The number of aliphatic hydroxyl groups is 1. The molecule has 0 bridgehead atoms. The summed E-state index contributed by atoms with van der Waals surface area (Å²) in [7, 11) is 0. The van der Waals surface area contributed by atoms with Gasteiger partial charge >= 0.3 is 0 Å². The quantitative estimate of drug-likeness (QED) is 0.810. The zero-order valence-electron chi connectivity index (χ0n) is 8.49. The molecule has 0 aliphatic heterocycles. The molecule has 0 aliphatic carbocycles. The van der Waals surface area contributed by atoms with Gasteiger partial charge in [-0.3, -0.25) is 4.79 Å². The highest BCUT2D eigenvalue weighted by Gasteiger charge is 2.15. The third-order valence-electron chi connectivity index (χ3n) is 1.93. The maximum Gasteiger partial charge on any atom is 0.168 e. The number of hydrogen-bond acceptors (Lipinski definition) is 4. The number of ketones is 1. The van der Waals surface area contributed by atoms with E-state index >= 15 is 0 Å². The van der Waals surface area contributed by atoms with E-state index in [0.29, 0.717) is 6.42 Å². The van der Waals surface area contributed by atoms with Gasteiger partial charge in [-0.15, -0.1) is 11.3 Å². The molecule has 78 valence electrons. The van der Waals surface area contributed by atoms with E-state index in [2.05, 4.69) is 4.98 Å². The average molecular weight is 213 g/mol. The Morgan fingerprint density at radius 3 is 2.93 bits per heavy atom. The molecule has 0 amide bonds. The number of aromatic nitrogens is 1. The van der Waals surface area contributed by atoms with Gasteiger partial charge in [-0.1, -0.05) is 13.3 Å². The number of carbonyl (C=O) groups excluding carboxylic acids is 1. The van der Waals surface area contributed by atoms with Crippen LogP contribution in [-0.4, -0.2) is 22.0 Å². The third-order valence-corrected chi connectivity index (χ3v) is 2.89. The van der Waals surface area contributed by atoms with Crippen LogP contribution < -0.4 is 0 Å². The van der Waals surface area contributed by atoms with Gasteiger partial charge in [0.1, 0.15) is 11.1 Å². The Morgan fingerprint density at radius 1 is 1.71 bits per heavy atom. The van der Waals surface area contributed by atoms with Crippen LogP contribution in [-0.2, 0) is 11.2 Å². The lowest BCUT2D eigenvalue weighted by Crippen LogP contribution is -2.21. The lowest BCUT2D eigenvalue weighted by Gasteiger charge is -2.05. The van der Waals surface area contributed by atoms with Gasteiger partial charge in [0.2, 0.25) is 0 Å². The standard InChI is InChI=1S/C10H15NO2S/c1-3-4-8(12)9(13)5-10-11-7(2)6-14-10/h6,8,12H,3-5H2,1-2H3. The van der Waals surface area contributed by atoms with Crippen LogP contribution in [0.25, 0.3) is 0 Å². The highest BCUT2D eigenvalue weighted by Crippen LogP contribution is 2.11. The lowest BCUT2D eigenvalue weighted by molar-refractivity contribution is -0.126. The van der Waals surface area contributed by atoms with E-state index in [-0.39, 0.29) is 12.2 Å². The SMILES string of the molecule is CCCC(O)C(=O)Cc1nc(C)cs1. The van der Waals surface area contributed by atoms with Gasteiger partial charge in [0, 0.05) is 11.1 Å². The van der Waals surface area contributed by atoms with Crippen LogP contribution >= 0.6 is 11.3 Å². The van der Waals surface area contributed by atoms with Crippen LogP contribution in [0.2, 0.25) is 0 Å². The zero-order chi connectivity index (χ0) is 10.6. The maximum absolute atomic E-state index is 11.4. The molecule has 1 rings (SSSR count). The fourth-order valence-corrected chi connectivity index (χ4v) is 1.97. The van der Waals surface area contributed by atoms with Crippen molar-refractivity contribution in [2.75, 3.05) is 0 Å². The summed E-state index contributed by atoms with van der Waals surface area (Å²) in [6, 6.07) is 0. The van der Waals surface area contributed by atoms with Gasteiger partial charge in [-0.2, -0.15) is 0 Å². The van der Waals surface area contributed by atoms with Crippen molar-refractivity contribution >= 4 is 17.1 Å². The summed E-state index contributed by atoms with van der Waals surface area (Å²) in [6.45, 7) is 3.84. The summed E-state index contributed by atoms with van der Waals surface area (Å²) in [6.07, 6.45) is 0.816. The Hall–Kier alpha value is -0.740. The normalized spacial score (nSPS) is 12.8. The molecular weight excluding hydrogens is 198 g/mol. The molecule has 1 aromatic heterocycles. The number of rotatable bonds is 5. The fraction of sp³-hybridized carbons (Fsp3) is 0.600. The molecule has 14 heavy (non-hydrogen) atoms. The lowest BCUT2D eigenvalue weighted by atomic mass is 10.1. The summed E-state index contributed by atoms with van der Waals surface area (Å²) >= 11 is 1.47. The predicted octanol–water partition coefficient (Wildman–Crippen LogP) is 1.72. The van der Waals surface area contributed by atoms with Crippen molar-refractivity contribution in [3.63, 3.8) is 0 Å². The molecule has 0 aliphatic rings. The van der Waals surface area contributed by atoms with Crippen molar-refractivity contribution in [3.8, 4) is 0 Å². The van der Waals surface area contributed by atoms with Gasteiger partial charge in [-0.25, -0.2) is 4.98 Å². The maximum atomic E-state index is 11.4. The van der Waals surface area contributed by atoms with E-state index in [1.54, 1.807) is 0 Å². The topological polar surface area (TPSA) is 50.2 Å². The van der Waals surface area contributed by atoms with Gasteiger partial charge in [0.15, 0.2) is 5.78 Å². The predicted molar refractivity (Wildman–Crippen MR) is 56.5 cm³/mol. The molecular formula is C10H15NO2S. The van der Waals surface area contributed by atoms with E-state index < -0.39 is 6.10 Å². The first kappa shape index (κ1) is 11.3. The van der Waals surface area contributed by atoms with Gasteiger partial charge in [0.25, 0.3) is 0 Å². The second-order valence-electron chi connectivity index (χ2n) is 3.33. The number of Topliss-reactive ketones (excluding diaryl/α,β-unsaturated/α-hetero) is 1. The van der Waals surface area contributed by atoms with Gasteiger partial charge in [0.05, 0.1) is 6.42 Å². The van der Waals surface area contributed by atoms with Gasteiger partial charge in [-0.05, 0) is 13.3 Å². The van der Waals surface area contributed by atoms with Crippen LogP contribution in [0.5, 0.6) is 0 Å². The summed E-state index contributed by atoms with van der Waals surface area (Å²) in [5.41, 5.74) is 0.933. The molecule has 0 fully saturated rings. The molecule has 0 radical (unpaired) electrons. The molecule has 1 atom stereocenters. The minimum absolute atomic E-state index is 0.124. The van der Waals surface area contributed by atoms with Crippen LogP contribution in [0.15, 0.2) is 5.38 Å². The molecule has 0 saturated heterocycles. The minimum atomic E-state index is -0.816. The Morgan fingerprint density at radius 2 is 2.43 bits per heavy atom. The molecule has 0 saturated carbocycles. The molecule has 1 N–H and O–H groups in total. The molecule has 3 nitrogen and oxygen atoms in total. The molecule has 0 aromatic carbocycles. The zero-order valence-corrected chi connectivity index (χ0v) is 9.30. The number of thiazole rings is 1. The Kier molecular flexibility index (Phi) is 4.22. The molecule has 4 heteroatoms. The highest BCUT2D eigenvalue weighted by atomic mass is 32.1. The first-order valence-corrected chi connectivity index (χ1v) is 5.63. The van der Waals surface area contributed by atoms with Crippen LogP contribution in [0, 0.1) is 6.92 Å². The highest BCUT2D eigenvalue weighted by molar-refractivity contribution is 7.09. The first-order chi connectivity index (χ1) is 6.63. The number of hydrogen-bond donors (Lipinski definition) is 1. The number of aliphatic hydroxyl groups excluding tert-OH is 1. The second-order valence-corrected chi connectivity index (χ2v) is 4.27. The smallest absolute Gasteiger partial charge is 0.168 e. The molecule has 1 heterocycles. The average Bonchev–Trinajstić information content (AvgIpc) is 2.51. The van der Waals surface area contributed by atoms with Crippen LogP contribution in [0.1, 0.15) is 30.5 Å². The first-order valence-electron chi connectivity index (χ1n) is 4.75. The van der Waals surface area contributed by atoms with Crippen molar-refractivity contribution in [1.29, 1.82) is 0 Å². The van der Waals surface area contributed by atoms with E-state index in [4.69, 9.17) is 0 Å². The van der Waals surface area contributed by atoms with Gasteiger partial charge < -0.3 is 5.11 Å². The summed E-state index contributed by atoms with van der Waals surface area (Å²) < 4.78 is 0. The third kappa shape index (κ3) is 3.20. The summed E-state index contributed by atoms with van der Waals surface area (Å²) in [5, 5.41) is 12.1. The Labute approximate surface area is 87.8 Å². The monoisotopic (exact) mass is 213 g/mol. The Balaban J connectivity index is 2.48. The molecule has 1 aromatic rings. The number of carbonyl (C=O) groups is 1. The Bertz CT molecular complexity index is 309. The van der Waals surface area contributed by atoms with E-state index in [0.717, 1.165) is 17.1 Å². The number of nitrogens with zero attached hydrogens (tertiary/aromatic N) is 1. The van der Waals surface area contributed by atoms with E-state index in [1.807, 2.05) is 19.2 Å². The van der Waals surface area contributed by atoms with Crippen molar-refractivity contribution < 1.29 is 9.90 Å². The van der Waals surface area contributed by atoms with Crippen molar-refractivity contribution in [2.24, 2.45) is 0 Å². The molecule has 0 spiro atoms. The van der Waals surface area contributed by atoms with E-state index in [9.17, 15) is 9.90 Å². The minimum Gasteiger partial charge on any atom is -0.385 e. The van der Waals surface area contributed by atoms with E-state index in [1.165, 1.54) is 11.3 Å². The summed E-state index contributed by atoms with van der Waals surface area (Å²) in [5.74, 6) is -0.124. The summed E-state index contributed by atoms with van der Waals surface area (Å²) in [4.78, 5) is 15.6. The van der Waals surface area contributed by atoms with Crippen molar-refractivity contribution in [2.45, 2.75) is 39.2 Å². The van der Waals surface area contributed by atoms with Crippen LogP contribution in [0.4, 0.5) is 0 Å². The van der Waals surface area contributed by atoms with Crippen molar-refractivity contribution in [1.82, 2.24) is 4.98 Å². The van der Waals surface area contributed by atoms with Crippen LogP contribution in [0.3, 0.4) is 0 Å².